The van der Waals surface area contributed by atoms with Gasteiger partial charge in [0.1, 0.15) is 5.82 Å². The zero-order valence-electron chi connectivity index (χ0n) is 10.9. The molecule has 2 aromatic rings. The van der Waals surface area contributed by atoms with Gasteiger partial charge in [-0.25, -0.2) is 4.39 Å². The highest BCUT2D eigenvalue weighted by Crippen LogP contribution is 2.22. The molecule has 1 amide bonds. The fourth-order valence-corrected chi connectivity index (χ4v) is 1.92. The maximum absolute atomic E-state index is 13.0. The zero-order valence-corrected chi connectivity index (χ0v) is 11.7. The van der Waals surface area contributed by atoms with E-state index in [1.54, 1.807) is 18.2 Å². The topological polar surface area (TPSA) is 41.1 Å². The van der Waals surface area contributed by atoms with E-state index in [2.05, 4.69) is 10.6 Å². The summed E-state index contributed by atoms with van der Waals surface area (Å²) in [4.78, 5) is 11.8. The van der Waals surface area contributed by atoms with Crippen LogP contribution in [0.15, 0.2) is 42.5 Å². The number of benzene rings is 2. The van der Waals surface area contributed by atoms with Gasteiger partial charge in [-0.3, -0.25) is 4.79 Å². The van der Waals surface area contributed by atoms with Crippen molar-refractivity contribution in [2.75, 3.05) is 17.2 Å². The van der Waals surface area contributed by atoms with E-state index in [0.29, 0.717) is 10.7 Å². The van der Waals surface area contributed by atoms with Gasteiger partial charge < -0.3 is 10.6 Å². The van der Waals surface area contributed by atoms with E-state index in [0.717, 1.165) is 11.3 Å². The second-order valence-corrected chi connectivity index (χ2v) is 4.73. The van der Waals surface area contributed by atoms with Gasteiger partial charge in [0.25, 0.3) is 0 Å². The van der Waals surface area contributed by atoms with Crippen molar-refractivity contribution in [1.29, 1.82) is 0 Å². The zero-order chi connectivity index (χ0) is 14.5. The molecular formula is C15H14ClFN2O. The number of rotatable bonds is 4. The first-order valence-corrected chi connectivity index (χ1v) is 6.48. The van der Waals surface area contributed by atoms with Gasteiger partial charge in [0.05, 0.1) is 6.54 Å². The highest BCUT2D eigenvalue weighted by Gasteiger charge is 2.05. The van der Waals surface area contributed by atoms with Crippen molar-refractivity contribution in [1.82, 2.24) is 0 Å². The van der Waals surface area contributed by atoms with Crippen LogP contribution in [0.25, 0.3) is 0 Å². The molecule has 0 saturated heterocycles. The average molecular weight is 293 g/mol. The van der Waals surface area contributed by atoms with Gasteiger partial charge >= 0.3 is 0 Å². The van der Waals surface area contributed by atoms with Crippen LogP contribution in [0.4, 0.5) is 15.8 Å². The first-order valence-electron chi connectivity index (χ1n) is 6.10. The minimum absolute atomic E-state index is 0.0810. The Morgan fingerprint density at radius 2 is 2.00 bits per heavy atom. The van der Waals surface area contributed by atoms with E-state index >= 15 is 0 Å². The molecule has 2 rings (SSSR count). The molecule has 2 N–H and O–H groups in total. The van der Waals surface area contributed by atoms with Crippen LogP contribution in [0.1, 0.15) is 5.56 Å². The van der Waals surface area contributed by atoms with E-state index in [9.17, 15) is 9.18 Å². The van der Waals surface area contributed by atoms with Crippen LogP contribution in [-0.4, -0.2) is 12.5 Å². The number of hydrogen-bond donors (Lipinski definition) is 2. The molecule has 3 nitrogen and oxygen atoms in total. The average Bonchev–Trinajstić information content (AvgIpc) is 2.40. The van der Waals surface area contributed by atoms with Gasteiger partial charge in [-0.1, -0.05) is 23.7 Å². The van der Waals surface area contributed by atoms with Crippen LogP contribution in [0.3, 0.4) is 0 Å². The molecule has 0 aliphatic heterocycles. The maximum Gasteiger partial charge on any atom is 0.243 e. The van der Waals surface area contributed by atoms with Gasteiger partial charge in [-0.2, -0.15) is 0 Å². The molecule has 0 unspecified atom stereocenters. The van der Waals surface area contributed by atoms with Crippen LogP contribution < -0.4 is 10.6 Å². The number of hydrogen-bond acceptors (Lipinski definition) is 2. The lowest BCUT2D eigenvalue weighted by Crippen LogP contribution is -2.22. The van der Waals surface area contributed by atoms with Crippen molar-refractivity contribution in [2.24, 2.45) is 0 Å². The van der Waals surface area contributed by atoms with Gasteiger partial charge in [-0.15, -0.1) is 0 Å². The van der Waals surface area contributed by atoms with Crippen LogP contribution in [-0.2, 0) is 4.79 Å². The largest absolute Gasteiger partial charge is 0.376 e. The molecule has 0 aliphatic rings. The second-order valence-electron chi connectivity index (χ2n) is 4.32. The number of anilines is 2. The van der Waals surface area contributed by atoms with E-state index in [4.69, 9.17) is 11.6 Å². The summed E-state index contributed by atoms with van der Waals surface area (Å²) in [7, 11) is 0. The highest BCUT2D eigenvalue weighted by molar-refractivity contribution is 6.31. The van der Waals surface area contributed by atoms with Crippen LogP contribution in [0.5, 0.6) is 0 Å². The Bertz CT molecular complexity index is 631. The molecule has 2 aromatic carbocycles. The Balaban J connectivity index is 1.94. The molecule has 0 spiro atoms. The molecule has 0 aromatic heterocycles. The van der Waals surface area contributed by atoms with Crippen molar-refractivity contribution < 1.29 is 9.18 Å². The van der Waals surface area contributed by atoms with E-state index in [1.807, 2.05) is 19.1 Å². The quantitative estimate of drug-likeness (QED) is 0.899. The third-order valence-corrected chi connectivity index (χ3v) is 3.22. The summed E-state index contributed by atoms with van der Waals surface area (Å²) in [5.41, 5.74) is 2.11. The predicted octanol–water partition coefficient (Wildman–Crippen LogP) is 3.84. The Morgan fingerprint density at radius 1 is 1.25 bits per heavy atom. The minimum atomic E-state index is -0.388. The minimum Gasteiger partial charge on any atom is -0.376 e. The Labute approximate surface area is 121 Å². The normalized spacial score (nSPS) is 10.2. The van der Waals surface area contributed by atoms with Crippen LogP contribution in [0.2, 0.25) is 5.02 Å². The Hall–Kier alpha value is -2.07. The van der Waals surface area contributed by atoms with Gasteiger partial charge in [0, 0.05) is 16.4 Å². The Morgan fingerprint density at radius 3 is 2.75 bits per heavy atom. The summed E-state index contributed by atoms with van der Waals surface area (Å²) >= 11 is 5.99. The summed E-state index contributed by atoms with van der Waals surface area (Å²) in [6.45, 7) is 1.95. The number of halogens is 2. The molecule has 0 fully saturated rings. The molecule has 0 heterocycles. The molecule has 0 atom stereocenters. The molecular weight excluding hydrogens is 279 g/mol. The second kappa shape index (κ2) is 6.39. The lowest BCUT2D eigenvalue weighted by Gasteiger charge is -2.11. The molecule has 0 radical (unpaired) electrons. The number of carbonyl (C=O) groups is 1. The maximum atomic E-state index is 13.0. The van der Waals surface area contributed by atoms with Gasteiger partial charge in [-0.05, 0) is 42.8 Å². The first kappa shape index (κ1) is 14.3. The fourth-order valence-electron chi connectivity index (χ4n) is 1.75. The molecule has 0 bridgehead atoms. The molecule has 104 valence electrons. The smallest absolute Gasteiger partial charge is 0.243 e. The van der Waals surface area contributed by atoms with E-state index < -0.39 is 0 Å². The summed E-state index contributed by atoms with van der Waals surface area (Å²) in [5.74, 6) is -0.642. The standard InChI is InChI=1S/C15H14ClFN2O/c1-10-13(16)6-3-7-14(10)18-9-15(20)19-12-5-2-4-11(17)8-12/h2-8,18H,9H2,1H3,(H,19,20). The van der Waals surface area contributed by atoms with Crippen molar-refractivity contribution in [3.63, 3.8) is 0 Å². The lowest BCUT2D eigenvalue weighted by atomic mass is 10.2. The molecule has 0 saturated carbocycles. The third-order valence-electron chi connectivity index (χ3n) is 2.82. The van der Waals surface area contributed by atoms with Gasteiger partial charge in [0.2, 0.25) is 5.91 Å². The summed E-state index contributed by atoms with van der Waals surface area (Å²) in [6.07, 6.45) is 0. The van der Waals surface area contributed by atoms with Crippen molar-refractivity contribution in [3.05, 3.63) is 58.9 Å². The SMILES string of the molecule is Cc1c(Cl)cccc1NCC(=O)Nc1cccc(F)c1. The Kier molecular flexibility index (Phi) is 4.58. The monoisotopic (exact) mass is 292 g/mol. The molecule has 20 heavy (non-hydrogen) atoms. The summed E-state index contributed by atoms with van der Waals surface area (Å²) in [6, 6.07) is 11.2. The first-order chi connectivity index (χ1) is 9.56. The van der Waals surface area contributed by atoms with Crippen LogP contribution in [0, 0.1) is 12.7 Å². The van der Waals surface area contributed by atoms with E-state index in [1.165, 1.54) is 12.1 Å². The number of amides is 1. The van der Waals surface area contributed by atoms with Gasteiger partial charge in [0.15, 0.2) is 0 Å². The van der Waals surface area contributed by atoms with E-state index in [-0.39, 0.29) is 18.3 Å². The van der Waals surface area contributed by atoms with Crippen molar-refractivity contribution in [3.8, 4) is 0 Å². The predicted molar refractivity (Wildman–Crippen MR) is 79.7 cm³/mol. The van der Waals surface area contributed by atoms with Crippen LogP contribution >= 0.6 is 11.6 Å². The van der Waals surface area contributed by atoms with Crippen molar-refractivity contribution in [2.45, 2.75) is 6.92 Å². The summed E-state index contributed by atoms with van der Waals surface area (Å²) in [5, 5.41) is 6.25. The number of nitrogens with one attached hydrogen (secondary N) is 2. The highest BCUT2D eigenvalue weighted by atomic mass is 35.5. The summed E-state index contributed by atoms with van der Waals surface area (Å²) < 4.78 is 13.0. The fraction of sp³-hybridized carbons (Fsp3) is 0.133. The molecule has 5 heteroatoms. The van der Waals surface area contributed by atoms with Crippen molar-refractivity contribution >= 4 is 28.9 Å². The lowest BCUT2D eigenvalue weighted by molar-refractivity contribution is -0.114. The number of carbonyl (C=O) groups excluding carboxylic acids is 1. The third kappa shape index (κ3) is 3.71. The molecule has 0 aliphatic carbocycles.